The summed E-state index contributed by atoms with van der Waals surface area (Å²) in [5, 5.41) is 0. The van der Waals surface area contributed by atoms with Crippen molar-refractivity contribution in [3.8, 4) is 0 Å². The third kappa shape index (κ3) is 4.28. The maximum absolute atomic E-state index is 6.10. The second-order valence-electron chi connectivity index (χ2n) is 8.31. The quantitative estimate of drug-likeness (QED) is 0.384. The van der Waals surface area contributed by atoms with Gasteiger partial charge < -0.3 is 24.8 Å². The van der Waals surface area contributed by atoms with Gasteiger partial charge in [0.15, 0.2) is 0 Å². The Labute approximate surface area is 218 Å². The van der Waals surface area contributed by atoms with Gasteiger partial charge in [-0.1, -0.05) is 0 Å². The van der Waals surface area contributed by atoms with Crippen molar-refractivity contribution in [2.75, 3.05) is 0 Å². The molecule has 33 heavy (non-hydrogen) atoms. The average molecular weight is 553 g/mol. The molecule has 0 saturated heterocycles. The van der Waals surface area contributed by atoms with Gasteiger partial charge in [0.1, 0.15) is 0 Å². The van der Waals surface area contributed by atoms with Crippen LogP contribution in [0.25, 0.3) is 23.3 Å². The van der Waals surface area contributed by atoms with Crippen molar-refractivity contribution in [3.05, 3.63) is 118 Å². The topological polar surface area (TPSA) is 26.3 Å². The van der Waals surface area contributed by atoms with Gasteiger partial charge in [0.05, 0.1) is 0 Å². The first-order chi connectivity index (χ1) is 15.2. The Morgan fingerprint density at radius 3 is 1.39 bits per heavy atom. The molecule has 2 heterocycles. The summed E-state index contributed by atoms with van der Waals surface area (Å²) in [5.41, 5.74) is 8.28. The standard InChI is InChI=1S/2C14H11O.2ClH.Zr/c2*1-10-6-7-14(15-10)13-8-11-4-2-3-5-12(11)9-13;;;/h2*2-9H,1H3;2*1H;/q;;;;+2/p-2. The number of benzene rings is 2. The number of aryl methyl sites for hydroxylation is 2. The molecule has 0 radical (unpaired) electrons. The summed E-state index contributed by atoms with van der Waals surface area (Å²) in [6, 6.07) is 26.1. The van der Waals surface area contributed by atoms with E-state index in [4.69, 9.17) is 8.83 Å². The van der Waals surface area contributed by atoms with Gasteiger partial charge in [-0.25, -0.2) is 0 Å². The molecule has 0 spiro atoms. The number of fused-ring (bicyclic) bond motifs is 2. The van der Waals surface area contributed by atoms with Crippen molar-refractivity contribution in [2.45, 2.75) is 21.1 Å². The molecular weight excluding hydrogens is 530 g/mol. The van der Waals surface area contributed by atoms with E-state index in [9.17, 15) is 0 Å². The van der Waals surface area contributed by atoms with Crippen LogP contribution in [-0.4, -0.2) is 0 Å². The van der Waals surface area contributed by atoms with E-state index in [1.165, 1.54) is 33.4 Å². The molecule has 0 N–H and O–H groups in total. The van der Waals surface area contributed by atoms with Crippen LogP contribution in [0.3, 0.4) is 0 Å². The van der Waals surface area contributed by atoms with E-state index in [1.54, 1.807) is 0 Å². The molecular formula is C28H22Cl2O2Zr. The molecule has 5 heteroatoms. The van der Waals surface area contributed by atoms with Gasteiger partial charge in [-0.15, -0.1) is 0 Å². The van der Waals surface area contributed by atoms with Crippen molar-refractivity contribution in [1.82, 2.24) is 0 Å². The SMILES string of the molecule is Cc1ccc(C2=Cc3ccccc3[CH]2[Zr+2][CH]2C(c3ccc(C)o3)=Cc3ccccc32)o1.[Cl-].[Cl-]. The second-order valence-corrected chi connectivity index (χ2v) is 12.0. The Bertz CT molecular complexity index is 1260. The van der Waals surface area contributed by atoms with Gasteiger partial charge in [0.25, 0.3) is 0 Å². The Morgan fingerprint density at radius 2 is 1.00 bits per heavy atom. The Morgan fingerprint density at radius 1 is 0.576 bits per heavy atom. The third-order valence-electron chi connectivity index (χ3n) is 6.24. The fourth-order valence-electron chi connectivity index (χ4n) is 4.78. The number of halogens is 2. The molecule has 0 fully saturated rings. The number of hydrogen-bond donors (Lipinski definition) is 0. The van der Waals surface area contributed by atoms with E-state index in [1.807, 2.05) is 13.8 Å². The molecule has 2 unspecified atom stereocenters. The number of hydrogen-bond acceptors (Lipinski definition) is 2. The van der Waals surface area contributed by atoms with Gasteiger partial charge in [-0.05, 0) is 0 Å². The minimum Gasteiger partial charge on any atom is -1.00 e. The monoisotopic (exact) mass is 550 g/mol. The maximum Gasteiger partial charge on any atom is -1.00 e. The van der Waals surface area contributed by atoms with Gasteiger partial charge in [-0.2, -0.15) is 0 Å². The minimum atomic E-state index is -1.04. The number of rotatable bonds is 4. The second kappa shape index (κ2) is 9.67. The van der Waals surface area contributed by atoms with E-state index in [0.29, 0.717) is 7.25 Å². The molecule has 0 saturated carbocycles. The maximum atomic E-state index is 6.10. The first kappa shape index (κ1) is 24.1. The van der Waals surface area contributed by atoms with Crippen LogP contribution in [0.15, 0.2) is 81.6 Å². The fraction of sp³-hybridized carbons (Fsp3) is 0.143. The Kier molecular flexibility index (Phi) is 7.05. The normalized spacial score (nSPS) is 17.8. The van der Waals surface area contributed by atoms with Crippen LogP contribution < -0.4 is 24.8 Å². The van der Waals surface area contributed by atoms with Crippen molar-refractivity contribution < 1.29 is 56.9 Å². The fourth-order valence-corrected chi connectivity index (χ4v) is 9.77. The average Bonchev–Trinajstić information content (AvgIpc) is 3.54. The summed E-state index contributed by atoms with van der Waals surface area (Å²) in [7, 11) is 0. The van der Waals surface area contributed by atoms with E-state index < -0.39 is 23.2 Å². The third-order valence-corrected chi connectivity index (χ3v) is 10.9. The molecule has 2 nitrogen and oxygen atoms in total. The van der Waals surface area contributed by atoms with Gasteiger partial charge in [0, 0.05) is 0 Å². The molecule has 2 aliphatic carbocycles. The molecule has 2 atom stereocenters. The van der Waals surface area contributed by atoms with Crippen LogP contribution in [0, 0.1) is 13.8 Å². The smallest absolute Gasteiger partial charge is 1.00 e. The molecule has 0 aliphatic heterocycles. The molecule has 4 aromatic rings. The van der Waals surface area contributed by atoms with Crippen LogP contribution in [0.5, 0.6) is 0 Å². The summed E-state index contributed by atoms with van der Waals surface area (Å²) >= 11 is -1.04. The Balaban J connectivity index is 0.00000130. The first-order valence-corrected chi connectivity index (χ1v) is 13.5. The van der Waals surface area contributed by atoms with E-state index >= 15 is 0 Å². The van der Waals surface area contributed by atoms with Gasteiger partial charge >= 0.3 is 195 Å². The van der Waals surface area contributed by atoms with Crippen LogP contribution in [0.1, 0.15) is 52.5 Å². The minimum absolute atomic E-state index is 0. The molecule has 2 aromatic carbocycles. The van der Waals surface area contributed by atoms with Crippen LogP contribution >= 0.6 is 0 Å². The predicted molar refractivity (Wildman–Crippen MR) is 121 cm³/mol. The molecule has 0 amide bonds. The van der Waals surface area contributed by atoms with Gasteiger partial charge in [0.2, 0.25) is 0 Å². The van der Waals surface area contributed by atoms with Crippen molar-refractivity contribution in [1.29, 1.82) is 0 Å². The molecule has 2 aromatic heterocycles. The first-order valence-electron chi connectivity index (χ1n) is 10.7. The summed E-state index contributed by atoms with van der Waals surface area (Å²) in [4.78, 5) is 0. The molecule has 164 valence electrons. The van der Waals surface area contributed by atoms with Crippen molar-refractivity contribution >= 4 is 23.3 Å². The van der Waals surface area contributed by atoms with Crippen LogP contribution in [0.4, 0.5) is 0 Å². The summed E-state index contributed by atoms with van der Waals surface area (Å²) in [6.07, 6.45) is 4.70. The zero-order chi connectivity index (χ0) is 20.9. The Hall–Kier alpha value is -2.06. The zero-order valence-electron chi connectivity index (χ0n) is 18.3. The summed E-state index contributed by atoms with van der Waals surface area (Å²) in [6.45, 7) is 4.04. The molecule has 6 rings (SSSR count). The summed E-state index contributed by atoms with van der Waals surface area (Å²) < 4.78 is 13.1. The van der Waals surface area contributed by atoms with Crippen molar-refractivity contribution in [2.24, 2.45) is 0 Å². The van der Waals surface area contributed by atoms with E-state index in [0.717, 1.165) is 23.0 Å². The van der Waals surface area contributed by atoms with Crippen molar-refractivity contribution in [3.63, 3.8) is 0 Å². The molecule has 0 bridgehead atoms. The number of furan rings is 2. The largest absolute Gasteiger partial charge is 1.00 e. The van der Waals surface area contributed by atoms with Gasteiger partial charge in [-0.3, -0.25) is 0 Å². The van der Waals surface area contributed by atoms with E-state index in [-0.39, 0.29) is 24.8 Å². The predicted octanol–water partition coefficient (Wildman–Crippen LogP) is 1.47. The van der Waals surface area contributed by atoms with E-state index in [2.05, 4.69) is 84.9 Å². The zero-order valence-corrected chi connectivity index (χ0v) is 22.3. The molecule has 2 aliphatic rings. The van der Waals surface area contributed by atoms with Crippen LogP contribution in [-0.2, 0) is 23.2 Å². The summed E-state index contributed by atoms with van der Waals surface area (Å²) in [5.74, 6) is 3.97. The number of allylic oxidation sites excluding steroid dienone is 2. The van der Waals surface area contributed by atoms with Crippen LogP contribution in [0.2, 0.25) is 0 Å².